The minimum Gasteiger partial charge on any atom is -0.381 e. The Bertz CT molecular complexity index is 442. The quantitative estimate of drug-likeness (QED) is 0.567. The minimum absolute atomic E-state index is 0.0839. The van der Waals surface area contributed by atoms with Gasteiger partial charge in [0.05, 0.1) is 11.3 Å². The lowest BCUT2D eigenvalue weighted by atomic mass is 10.0. The van der Waals surface area contributed by atoms with Crippen molar-refractivity contribution in [2.24, 2.45) is 11.8 Å². The van der Waals surface area contributed by atoms with Crippen LogP contribution in [0, 0.1) is 12.8 Å². The Labute approximate surface area is 113 Å². The van der Waals surface area contributed by atoms with Crippen molar-refractivity contribution in [3.63, 3.8) is 0 Å². The summed E-state index contributed by atoms with van der Waals surface area (Å²) in [7, 11) is 0. The third-order valence-electron chi connectivity index (χ3n) is 3.47. The molecule has 0 unspecified atom stereocenters. The van der Waals surface area contributed by atoms with Crippen LogP contribution in [0.5, 0.6) is 0 Å². The summed E-state index contributed by atoms with van der Waals surface area (Å²) in [5.41, 5.74) is 4.88. The number of nitrogens with one attached hydrogen (secondary N) is 2. The highest BCUT2D eigenvalue weighted by atomic mass is 16.5. The molecule has 0 saturated carbocycles. The van der Waals surface area contributed by atoms with E-state index in [2.05, 4.69) is 10.7 Å². The predicted octanol–water partition coefficient (Wildman–Crippen LogP) is 1.44. The molecule has 104 valence electrons. The maximum absolute atomic E-state index is 12.1. The van der Waals surface area contributed by atoms with E-state index in [0.717, 1.165) is 31.6 Å². The molecule has 0 atom stereocenters. The zero-order chi connectivity index (χ0) is 13.7. The summed E-state index contributed by atoms with van der Waals surface area (Å²) in [6.45, 7) is 4.24. The summed E-state index contributed by atoms with van der Waals surface area (Å²) in [5.74, 6) is 5.88. The smallest absolute Gasteiger partial charge is 0.253 e. The molecule has 0 bridgehead atoms. The van der Waals surface area contributed by atoms with Crippen LogP contribution < -0.4 is 16.6 Å². The molecule has 0 aliphatic carbocycles. The number of nitrogen functional groups attached to an aromatic ring is 1. The monoisotopic (exact) mass is 263 g/mol. The lowest BCUT2D eigenvalue weighted by Crippen LogP contribution is -2.32. The van der Waals surface area contributed by atoms with Crippen LogP contribution in [0.1, 0.15) is 28.8 Å². The van der Waals surface area contributed by atoms with Gasteiger partial charge in [0, 0.05) is 19.8 Å². The van der Waals surface area contributed by atoms with Gasteiger partial charge >= 0.3 is 0 Å². The highest BCUT2D eigenvalue weighted by Crippen LogP contribution is 2.17. The van der Waals surface area contributed by atoms with Crippen LogP contribution in [-0.2, 0) is 4.74 Å². The molecule has 1 aliphatic rings. The predicted molar refractivity (Wildman–Crippen MR) is 74.9 cm³/mol. The minimum atomic E-state index is -0.0839. The van der Waals surface area contributed by atoms with Gasteiger partial charge in [-0.15, -0.1) is 0 Å². The first kappa shape index (κ1) is 13.8. The van der Waals surface area contributed by atoms with Gasteiger partial charge in [-0.1, -0.05) is 6.07 Å². The van der Waals surface area contributed by atoms with Crippen molar-refractivity contribution >= 4 is 11.6 Å². The fourth-order valence-corrected chi connectivity index (χ4v) is 2.26. The Kier molecular flexibility index (Phi) is 4.76. The topological polar surface area (TPSA) is 76.4 Å². The zero-order valence-corrected chi connectivity index (χ0v) is 11.2. The first-order valence-electron chi connectivity index (χ1n) is 6.64. The number of hydrogen-bond donors (Lipinski definition) is 3. The number of ether oxygens (including phenoxy) is 1. The second-order valence-electron chi connectivity index (χ2n) is 4.96. The largest absolute Gasteiger partial charge is 0.381 e. The molecule has 1 amide bonds. The van der Waals surface area contributed by atoms with E-state index in [9.17, 15) is 4.79 Å². The number of carbonyl (C=O) groups excluding carboxylic acids is 1. The number of rotatable bonds is 4. The molecular formula is C14H21N3O2. The molecular weight excluding hydrogens is 242 g/mol. The summed E-state index contributed by atoms with van der Waals surface area (Å²) in [6.07, 6.45) is 2.02. The number of nitrogens with two attached hydrogens (primary N) is 1. The van der Waals surface area contributed by atoms with Gasteiger partial charge in [0.1, 0.15) is 0 Å². The third-order valence-corrected chi connectivity index (χ3v) is 3.47. The Balaban J connectivity index is 1.95. The summed E-state index contributed by atoms with van der Waals surface area (Å²) >= 11 is 0. The number of carbonyl (C=O) groups is 1. The van der Waals surface area contributed by atoms with Crippen LogP contribution in [0.3, 0.4) is 0 Å². The summed E-state index contributed by atoms with van der Waals surface area (Å²) in [5, 5.41) is 2.97. The van der Waals surface area contributed by atoms with E-state index in [-0.39, 0.29) is 5.91 Å². The Morgan fingerprint density at radius 3 is 2.84 bits per heavy atom. The van der Waals surface area contributed by atoms with E-state index >= 15 is 0 Å². The van der Waals surface area contributed by atoms with Crippen molar-refractivity contribution in [3.05, 3.63) is 29.3 Å². The van der Waals surface area contributed by atoms with Gasteiger partial charge in [-0.2, -0.15) is 0 Å². The molecule has 1 heterocycles. The van der Waals surface area contributed by atoms with Crippen molar-refractivity contribution in [2.75, 3.05) is 25.2 Å². The molecule has 2 rings (SSSR count). The van der Waals surface area contributed by atoms with Crippen LogP contribution in [0.15, 0.2) is 18.2 Å². The SMILES string of the molecule is Cc1ccc(C(=O)NCC2CCOCC2)c(NN)c1. The first-order valence-corrected chi connectivity index (χ1v) is 6.64. The van der Waals surface area contributed by atoms with E-state index in [0.29, 0.717) is 23.7 Å². The van der Waals surface area contributed by atoms with Gasteiger partial charge in [0.2, 0.25) is 0 Å². The molecule has 0 radical (unpaired) electrons. The van der Waals surface area contributed by atoms with E-state index < -0.39 is 0 Å². The van der Waals surface area contributed by atoms with Crippen molar-refractivity contribution in [3.8, 4) is 0 Å². The van der Waals surface area contributed by atoms with Gasteiger partial charge in [0.25, 0.3) is 5.91 Å². The molecule has 1 aromatic carbocycles. The van der Waals surface area contributed by atoms with Crippen LogP contribution in [0.25, 0.3) is 0 Å². The van der Waals surface area contributed by atoms with Crippen molar-refractivity contribution in [2.45, 2.75) is 19.8 Å². The van der Waals surface area contributed by atoms with Crippen molar-refractivity contribution in [1.29, 1.82) is 0 Å². The zero-order valence-electron chi connectivity index (χ0n) is 11.2. The van der Waals surface area contributed by atoms with Crippen LogP contribution in [0.2, 0.25) is 0 Å². The lowest BCUT2D eigenvalue weighted by molar-refractivity contribution is 0.0643. The second kappa shape index (κ2) is 6.54. The normalized spacial score (nSPS) is 16.1. The van der Waals surface area contributed by atoms with Gasteiger partial charge in [-0.05, 0) is 43.4 Å². The third kappa shape index (κ3) is 3.68. The second-order valence-corrected chi connectivity index (χ2v) is 4.96. The molecule has 4 N–H and O–H groups in total. The molecule has 19 heavy (non-hydrogen) atoms. The van der Waals surface area contributed by atoms with E-state index in [1.807, 2.05) is 19.1 Å². The Hall–Kier alpha value is -1.59. The molecule has 1 fully saturated rings. The van der Waals surface area contributed by atoms with E-state index in [4.69, 9.17) is 10.6 Å². The first-order chi connectivity index (χ1) is 9.20. The van der Waals surface area contributed by atoms with Gasteiger partial charge in [0.15, 0.2) is 0 Å². The molecule has 1 aromatic rings. The summed E-state index contributed by atoms with van der Waals surface area (Å²) in [4.78, 5) is 12.1. The van der Waals surface area contributed by atoms with Crippen molar-refractivity contribution < 1.29 is 9.53 Å². The Morgan fingerprint density at radius 2 is 2.16 bits per heavy atom. The molecule has 1 aliphatic heterocycles. The lowest BCUT2D eigenvalue weighted by Gasteiger charge is -2.22. The van der Waals surface area contributed by atoms with E-state index in [1.54, 1.807) is 6.07 Å². The number of aryl methyl sites for hydroxylation is 1. The molecule has 0 aromatic heterocycles. The van der Waals surface area contributed by atoms with Crippen molar-refractivity contribution in [1.82, 2.24) is 5.32 Å². The number of anilines is 1. The molecule has 1 saturated heterocycles. The number of amides is 1. The Morgan fingerprint density at radius 1 is 1.42 bits per heavy atom. The van der Waals surface area contributed by atoms with E-state index in [1.165, 1.54) is 0 Å². The van der Waals surface area contributed by atoms with Crippen LogP contribution in [-0.4, -0.2) is 25.7 Å². The van der Waals surface area contributed by atoms with Gasteiger partial charge in [-0.3, -0.25) is 10.6 Å². The standard InChI is InChI=1S/C14H21N3O2/c1-10-2-3-12(13(8-10)17-15)14(18)16-9-11-4-6-19-7-5-11/h2-3,8,11,17H,4-7,9,15H2,1H3,(H,16,18). The maximum atomic E-state index is 12.1. The molecule has 5 nitrogen and oxygen atoms in total. The maximum Gasteiger partial charge on any atom is 0.253 e. The number of hydrazine groups is 1. The van der Waals surface area contributed by atoms with Crippen LogP contribution in [0.4, 0.5) is 5.69 Å². The highest BCUT2D eigenvalue weighted by molar-refractivity contribution is 5.99. The average molecular weight is 263 g/mol. The van der Waals surface area contributed by atoms with Crippen LogP contribution >= 0.6 is 0 Å². The van der Waals surface area contributed by atoms with Gasteiger partial charge in [-0.25, -0.2) is 0 Å². The summed E-state index contributed by atoms with van der Waals surface area (Å²) < 4.78 is 5.30. The molecule has 0 spiro atoms. The summed E-state index contributed by atoms with van der Waals surface area (Å²) in [6, 6.07) is 5.57. The fourth-order valence-electron chi connectivity index (χ4n) is 2.26. The van der Waals surface area contributed by atoms with Gasteiger partial charge < -0.3 is 15.5 Å². The molecule has 5 heteroatoms. The highest BCUT2D eigenvalue weighted by Gasteiger charge is 2.16. The number of hydrogen-bond acceptors (Lipinski definition) is 4. The average Bonchev–Trinajstić information content (AvgIpc) is 2.45. The number of benzene rings is 1. The fraction of sp³-hybridized carbons (Fsp3) is 0.500.